The minimum Gasteiger partial charge on any atom is -0.394 e. The van der Waals surface area contributed by atoms with Gasteiger partial charge in [0.25, 0.3) is 0 Å². The van der Waals surface area contributed by atoms with Gasteiger partial charge in [-0.3, -0.25) is 4.79 Å². The van der Waals surface area contributed by atoms with E-state index in [4.69, 9.17) is 28.4 Å². The van der Waals surface area contributed by atoms with Crippen LogP contribution in [0, 0.1) is 0 Å². The van der Waals surface area contributed by atoms with E-state index in [1.165, 1.54) is 122 Å². The molecule has 12 N–H and O–H groups in total. The SMILES string of the molecule is CC/C=C\C/C=C\C/C=C\C/C=C\C/C=C\C/C=C\C/C=C\C/C=C\C/C=C\C/C=C\C/C=C\CCCCCCCCCC(=O)NC(COC1OC(CO)C(OC2OC(CO)C(OC3OC(CO)C(O)C(O)C3O)C(O)C2O)C(O)C1O)C(O)/C=C/CC/C=C/CC/C=C/CCCCCCCCCCCCCCCCCCCCC. The summed E-state index contributed by atoms with van der Waals surface area (Å²) in [7, 11) is 0. The molecular formula is C96H159NO18. The number of hydrogen-bond acceptors (Lipinski definition) is 18. The molecule has 3 fully saturated rings. The zero-order valence-corrected chi connectivity index (χ0v) is 70.7. The van der Waals surface area contributed by atoms with Crippen LogP contribution in [0.2, 0.25) is 0 Å². The first-order chi connectivity index (χ1) is 56.3. The smallest absolute Gasteiger partial charge is 0.220 e. The monoisotopic (exact) mass is 1610 g/mol. The lowest BCUT2D eigenvalue weighted by Gasteiger charge is -2.48. The van der Waals surface area contributed by atoms with Crippen LogP contribution in [-0.2, 0) is 33.2 Å². The minimum atomic E-state index is -1.99. The zero-order valence-electron chi connectivity index (χ0n) is 70.7. The van der Waals surface area contributed by atoms with Crippen LogP contribution >= 0.6 is 0 Å². The third-order valence-electron chi connectivity index (χ3n) is 21.0. The molecule has 0 saturated carbocycles. The Morgan fingerprint density at radius 2 is 0.609 bits per heavy atom. The number of ether oxygens (including phenoxy) is 6. The molecule has 3 rings (SSSR count). The summed E-state index contributed by atoms with van der Waals surface area (Å²) in [6, 6.07) is -1.02. The summed E-state index contributed by atoms with van der Waals surface area (Å²) < 4.78 is 34.5. The Hall–Kier alpha value is -4.85. The van der Waals surface area contributed by atoms with Gasteiger partial charge in [0, 0.05) is 6.42 Å². The number of nitrogens with one attached hydrogen (secondary N) is 1. The Labute approximate surface area is 694 Å². The predicted molar refractivity (Wildman–Crippen MR) is 465 cm³/mol. The normalized spacial score (nSPS) is 25.5. The van der Waals surface area contributed by atoms with Gasteiger partial charge in [0.2, 0.25) is 5.91 Å². The lowest BCUT2D eigenvalue weighted by atomic mass is 9.96. The molecule has 656 valence electrons. The number of unbranched alkanes of at least 4 members (excludes halogenated alkanes) is 28. The van der Waals surface area contributed by atoms with Gasteiger partial charge >= 0.3 is 0 Å². The van der Waals surface area contributed by atoms with Gasteiger partial charge < -0.3 is 89.9 Å². The molecule has 0 aromatic rings. The van der Waals surface area contributed by atoms with Crippen molar-refractivity contribution < 1.29 is 89.4 Å². The van der Waals surface area contributed by atoms with E-state index >= 15 is 0 Å². The summed E-state index contributed by atoms with van der Waals surface area (Å²) >= 11 is 0. The minimum absolute atomic E-state index is 0.208. The molecule has 0 aromatic heterocycles. The molecule has 3 aliphatic heterocycles. The maximum atomic E-state index is 13.5. The molecular weight excluding hydrogens is 1460 g/mol. The van der Waals surface area contributed by atoms with Gasteiger partial charge in [0.05, 0.1) is 38.6 Å². The van der Waals surface area contributed by atoms with Crippen molar-refractivity contribution in [1.82, 2.24) is 5.32 Å². The fourth-order valence-corrected chi connectivity index (χ4v) is 13.9. The number of rotatable bonds is 70. The van der Waals surface area contributed by atoms with Gasteiger partial charge in [-0.25, -0.2) is 0 Å². The molecule has 0 bridgehead atoms. The maximum absolute atomic E-state index is 13.5. The van der Waals surface area contributed by atoms with Gasteiger partial charge in [-0.05, 0) is 128 Å². The summed E-state index contributed by atoms with van der Waals surface area (Å²) in [5.74, 6) is -0.306. The Bertz CT molecular complexity index is 2750. The van der Waals surface area contributed by atoms with Crippen LogP contribution in [-0.4, -0.2) is 193 Å². The zero-order chi connectivity index (χ0) is 83.1. The molecule has 0 aliphatic carbocycles. The van der Waals surface area contributed by atoms with E-state index in [1.54, 1.807) is 6.08 Å². The average molecular weight is 1620 g/mol. The topological polar surface area (TPSA) is 307 Å². The van der Waals surface area contributed by atoms with Gasteiger partial charge in [0.1, 0.15) is 73.2 Å². The highest BCUT2D eigenvalue weighted by Gasteiger charge is 2.54. The molecule has 1 amide bonds. The third kappa shape index (κ3) is 51.4. The summed E-state index contributed by atoms with van der Waals surface area (Å²) in [5.41, 5.74) is 0. The van der Waals surface area contributed by atoms with Crippen molar-refractivity contribution in [2.75, 3.05) is 26.4 Å². The lowest BCUT2D eigenvalue weighted by Crippen LogP contribution is -2.66. The summed E-state index contributed by atoms with van der Waals surface area (Å²) in [4.78, 5) is 13.5. The number of carbonyl (C=O) groups is 1. The van der Waals surface area contributed by atoms with Crippen LogP contribution in [0.25, 0.3) is 0 Å². The predicted octanol–water partition coefficient (Wildman–Crippen LogP) is 17.3. The van der Waals surface area contributed by atoms with E-state index in [9.17, 15) is 61.0 Å². The fourth-order valence-electron chi connectivity index (χ4n) is 13.9. The van der Waals surface area contributed by atoms with Crippen LogP contribution in [0.5, 0.6) is 0 Å². The number of aliphatic hydroxyl groups is 11. The number of hydrogen-bond donors (Lipinski definition) is 12. The maximum Gasteiger partial charge on any atom is 0.220 e. The van der Waals surface area contributed by atoms with Crippen molar-refractivity contribution in [2.45, 2.75) is 401 Å². The summed E-state index contributed by atoms with van der Waals surface area (Å²) in [6.07, 6.45) is 83.5. The van der Waals surface area contributed by atoms with E-state index < -0.39 is 124 Å². The molecule has 17 atom stereocenters. The largest absolute Gasteiger partial charge is 0.394 e. The van der Waals surface area contributed by atoms with Crippen LogP contribution in [0.3, 0.4) is 0 Å². The average Bonchev–Trinajstić information content (AvgIpc) is 0.778. The molecule has 19 nitrogen and oxygen atoms in total. The van der Waals surface area contributed by atoms with Crippen molar-refractivity contribution in [3.05, 3.63) is 170 Å². The Balaban J connectivity index is 1.36. The molecule has 3 heterocycles. The van der Waals surface area contributed by atoms with Crippen molar-refractivity contribution in [2.24, 2.45) is 0 Å². The van der Waals surface area contributed by atoms with E-state index in [1.807, 2.05) is 6.08 Å². The second kappa shape index (κ2) is 73.1. The molecule has 3 saturated heterocycles. The van der Waals surface area contributed by atoms with Crippen LogP contribution < -0.4 is 5.32 Å². The molecule has 115 heavy (non-hydrogen) atoms. The van der Waals surface area contributed by atoms with Gasteiger partial charge in [-0.15, -0.1) is 0 Å². The number of allylic oxidation sites excluding steroid dienone is 27. The van der Waals surface area contributed by atoms with Crippen molar-refractivity contribution in [3.63, 3.8) is 0 Å². The van der Waals surface area contributed by atoms with Crippen LogP contribution in [0.1, 0.15) is 296 Å². The Morgan fingerprint density at radius 1 is 0.322 bits per heavy atom. The first-order valence-electron chi connectivity index (χ1n) is 44.9. The van der Waals surface area contributed by atoms with E-state index in [-0.39, 0.29) is 18.9 Å². The fraction of sp³-hybridized carbons (Fsp3) is 0.698. The van der Waals surface area contributed by atoms with Gasteiger partial charge in [-0.2, -0.15) is 0 Å². The Morgan fingerprint density at radius 3 is 0.974 bits per heavy atom. The van der Waals surface area contributed by atoms with E-state index in [2.05, 4.69) is 177 Å². The first-order valence-corrected chi connectivity index (χ1v) is 44.9. The lowest BCUT2D eigenvalue weighted by molar-refractivity contribution is -0.379. The van der Waals surface area contributed by atoms with Gasteiger partial charge in [-0.1, -0.05) is 332 Å². The van der Waals surface area contributed by atoms with Crippen molar-refractivity contribution >= 4 is 5.91 Å². The van der Waals surface area contributed by atoms with Crippen LogP contribution in [0.15, 0.2) is 170 Å². The van der Waals surface area contributed by atoms with E-state index in [0.29, 0.717) is 12.8 Å². The molecule has 0 spiro atoms. The summed E-state index contributed by atoms with van der Waals surface area (Å²) in [5, 5.41) is 121. The second-order valence-corrected chi connectivity index (χ2v) is 31.0. The number of carbonyl (C=O) groups excluding carboxylic acids is 1. The molecule has 3 aliphatic rings. The molecule has 0 aromatic carbocycles. The second-order valence-electron chi connectivity index (χ2n) is 31.0. The first kappa shape index (κ1) is 104. The van der Waals surface area contributed by atoms with Gasteiger partial charge in [0.15, 0.2) is 18.9 Å². The summed E-state index contributed by atoms with van der Waals surface area (Å²) in [6.45, 7) is 1.60. The highest BCUT2D eigenvalue weighted by atomic mass is 16.8. The highest BCUT2D eigenvalue weighted by Crippen LogP contribution is 2.33. The quantitative estimate of drug-likeness (QED) is 0.0199. The molecule has 19 heteroatoms. The van der Waals surface area contributed by atoms with Crippen LogP contribution in [0.4, 0.5) is 0 Å². The number of amides is 1. The molecule has 17 unspecified atom stereocenters. The van der Waals surface area contributed by atoms with Crippen molar-refractivity contribution in [1.29, 1.82) is 0 Å². The Kier molecular flexibility index (Phi) is 66.3. The van der Waals surface area contributed by atoms with E-state index in [0.717, 1.165) is 141 Å². The highest BCUT2D eigenvalue weighted by molar-refractivity contribution is 5.76. The number of aliphatic hydroxyl groups excluding tert-OH is 11. The third-order valence-corrected chi connectivity index (χ3v) is 21.0. The molecule has 0 radical (unpaired) electrons. The van der Waals surface area contributed by atoms with Crippen molar-refractivity contribution in [3.8, 4) is 0 Å². The standard InChI is InChI=1S/C96H159NO18/c1-3-5-7-9-11-13-15-17-19-21-23-25-27-29-31-33-34-35-36-37-38-39-40-41-42-43-44-46-48-50-52-54-56-58-60-62-64-66-68-70-72-74-84(102)97-79(80(101)73-71-69-67-65-63-61-59-57-55-53-51-49-47-45-32-30-28-26-24-22-20-18-16-14-12-10-8-6-4-2)78-110-94-90(108)87(105)92(82(76-99)112-94)115-96-91(109)88(106)93(83(77-100)113-96)114-95-89(107)86(104)85(103)81(75-98)111-95/h5,7,11,13,17,19,23,25,29,31,34-35,37-38,40-41,43-44,48,50,54-57,63,65,71,73,79-83,85-96,98-101,103-109H,3-4,6,8-10,12,14-16,18,20-22,24,26-28,30,32-33,36,39,42,45-47,49,51-53,58-62,64,66-70,72,74-78H2,1-2H3,(H,97,102)/b7-5-,13-11-,19-17-,25-23-,31-29-,35-34-,38-37-,41-40-,44-43-,50-48-,56-54-,57-55+,65-63+,73-71+.